The fourth-order valence-electron chi connectivity index (χ4n) is 2.95. The molecule has 3 heteroatoms. The summed E-state index contributed by atoms with van der Waals surface area (Å²) in [5.74, 6) is 0.312. The van der Waals surface area contributed by atoms with Gasteiger partial charge in [0.15, 0.2) is 5.78 Å². The van der Waals surface area contributed by atoms with Gasteiger partial charge < -0.3 is 10.8 Å². The van der Waals surface area contributed by atoms with Gasteiger partial charge in [-0.3, -0.25) is 4.79 Å². The lowest BCUT2D eigenvalue weighted by Crippen LogP contribution is -2.47. The number of carbonyl (C=O) groups is 1. The van der Waals surface area contributed by atoms with Crippen LogP contribution in [0.5, 0.6) is 0 Å². The molecule has 0 heterocycles. The molecule has 0 radical (unpaired) electrons. The first-order valence-electron chi connectivity index (χ1n) is 5.69. The average Bonchev–Trinajstić information content (AvgIpc) is 2.13. The van der Waals surface area contributed by atoms with Crippen LogP contribution in [-0.4, -0.2) is 22.5 Å². The Morgan fingerprint density at radius 1 is 1.53 bits per heavy atom. The van der Waals surface area contributed by atoms with Gasteiger partial charge in [0.25, 0.3) is 0 Å². The number of allylic oxidation sites excluding steroid dienone is 1. The third-order valence-corrected chi connectivity index (χ3v) is 3.75. The molecule has 3 atom stereocenters. The van der Waals surface area contributed by atoms with Gasteiger partial charge in [-0.2, -0.15) is 0 Å². The third kappa shape index (κ3) is 1.64. The molecule has 0 saturated heterocycles. The summed E-state index contributed by atoms with van der Waals surface area (Å²) in [4.78, 5) is 12.0. The van der Waals surface area contributed by atoms with Gasteiger partial charge in [0.1, 0.15) is 0 Å². The molecule has 0 saturated carbocycles. The number of ketones is 1. The van der Waals surface area contributed by atoms with Crippen LogP contribution in [0.15, 0.2) is 11.1 Å². The molecule has 0 amide bonds. The van der Waals surface area contributed by atoms with Crippen LogP contribution in [0.1, 0.15) is 39.5 Å². The van der Waals surface area contributed by atoms with Crippen LogP contribution in [0.25, 0.3) is 0 Å². The number of hydrogen-bond donors (Lipinski definition) is 2. The summed E-state index contributed by atoms with van der Waals surface area (Å²) in [5.41, 5.74) is 6.63. The van der Waals surface area contributed by atoms with E-state index in [2.05, 4.69) is 6.92 Å². The monoisotopic (exact) mass is 209 g/mol. The molecule has 0 bridgehead atoms. The Morgan fingerprint density at radius 2 is 2.20 bits per heavy atom. The molecule has 0 spiro atoms. The minimum absolute atomic E-state index is 0.0344. The Hall–Kier alpha value is -0.670. The van der Waals surface area contributed by atoms with E-state index in [1.165, 1.54) is 0 Å². The first-order chi connectivity index (χ1) is 6.93. The zero-order valence-electron chi connectivity index (χ0n) is 9.42. The highest BCUT2D eigenvalue weighted by molar-refractivity contribution is 6.02. The number of rotatable bonds is 0. The van der Waals surface area contributed by atoms with Gasteiger partial charge in [0, 0.05) is 5.57 Å². The van der Waals surface area contributed by atoms with Crippen molar-refractivity contribution in [1.29, 1.82) is 0 Å². The molecule has 2 aliphatic carbocycles. The third-order valence-electron chi connectivity index (χ3n) is 3.75. The lowest BCUT2D eigenvalue weighted by atomic mass is 9.68. The first-order valence-corrected chi connectivity index (χ1v) is 5.69. The van der Waals surface area contributed by atoms with Gasteiger partial charge >= 0.3 is 0 Å². The predicted molar refractivity (Wildman–Crippen MR) is 58.3 cm³/mol. The lowest BCUT2D eigenvalue weighted by molar-refractivity contribution is -0.120. The van der Waals surface area contributed by atoms with Gasteiger partial charge in [-0.25, -0.2) is 0 Å². The quantitative estimate of drug-likeness (QED) is 0.629. The Kier molecular flexibility index (Phi) is 2.47. The van der Waals surface area contributed by atoms with Gasteiger partial charge in [-0.1, -0.05) is 12.5 Å². The van der Waals surface area contributed by atoms with Gasteiger partial charge in [-0.05, 0) is 38.5 Å². The molecule has 2 aliphatic rings. The summed E-state index contributed by atoms with van der Waals surface area (Å²) in [7, 11) is 0. The second-order valence-electron chi connectivity index (χ2n) is 5.14. The van der Waals surface area contributed by atoms with E-state index in [4.69, 9.17) is 5.73 Å². The maximum absolute atomic E-state index is 12.0. The van der Waals surface area contributed by atoms with E-state index < -0.39 is 11.6 Å². The summed E-state index contributed by atoms with van der Waals surface area (Å²) < 4.78 is 0. The summed E-state index contributed by atoms with van der Waals surface area (Å²) in [6, 6.07) is -0.414. The maximum Gasteiger partial charge on any atom is 0.178 e. The van der Waals surface area contributed by atoms with Crippen molar-refractivity contribution in [2.45, 2.75) is 51.2 Å². The number of nitrogens with two attached hydrogens (primary N) is 1. The molecule has 3 nitrogen and oxygen atoms in total. The summed E-state index contributed by atoms with van der Waals surface area (Å²) in [6.07, 6.45) is 3.33. The Morgan fingerprint density at radius 3 is 2.87 bits per heavy atom. The molecular weight excluding hydrogens is 190 g/mol. The Labute approximate surface area is 90.3 Å². The van der Waals surface area contributed by atoms with E-state index in [0.717, 1.165) is 24.8 Å². The highest BCUT2D eigenvalue weighted by Gasteiger charge is 2.42. The molecular formula is C12H19NO2. The molecule has 15 heavy (non-hydrogen) atoms. The number of carbonyl (C=O) groups excluding carboxylic acids is 1. The molecule has 0 aromatic rings. The molecule has 2 rings (SSSR count). The second kappa shape index (κ2) is 3.42. The van der Waals surface area contributed by atoms with E-state index in [-0.39, 0.29) is 5.78 Å². The van der Waals surface area contributed by atoms with Crippen LogP contribution in [0, 0.1) is 5.92 Å². The van der Waals surface area contributed by atoms with E-state index >= 15 is 0 Å². The number of Topliss-reactive ketones (excluding diaryl/α,β-unsaturated/α-hetero) is 1. The van der Waals surface area contributed by atoms with Crippen molar-refractivity contribution in [2.75, 3.05) is 0 Å². The van der Waals surface area contributed by atoms with Crippen molar-refractivity contribution in [1.82, 2.24) is 0 Å². The average molecular weight is 209 g/mol. The van der Waals surface area contributed by atoms with Gasteiger partial charge in [0.05, 0.1) is 11.6 Å². The van der Waals surface area contributed by atoms with Crippen LogP contribution in [0.4, 0.5) is 0 Å². The number of aliphatic hydroxyl groups is 1. The normalized spacial score (nSPS) is 41.7. The van der Waals surface area contributed by atoms with Crippen LogP contribution in [0.2, 0.25) is 0 Å². The van der Waals surface area contributed by atoms with Crippen LogP contribution >= 0.6 is 0 Å². The summed E-state index contributed by atoms with van der Waals surface area (Å²) in [5, 5.41) is 10.2. The van der Waals surface area contributed by atoms with E-state index in [1.807, 2.05) is 0 Å². The maximum atomic E-state index is 12.0. The lowest BCUT2D eigenvalue weighted by Gasteiger charge is -2.39. The van der Waals surface area contributed by atoms with Gasteiger partial charge in [0.2, 0.25) is 0 Å². The van der Waals surface area contributed by atoms with E-state index in [0.29, 0.717) is 17.9 Å². The molecule has 0 fully saturated rings. The van der Waals surface area contributed by atoms with Gasteiger partial charge in [-0.15, -0.1) is 0 Å². The molecule has 0 aliphatic heterocycles. The topological polar surface area (TPSA) is 63.3 Å². The van der Waals surface area contributed by atoms with Crippen molar-refractivity contribution < 1.29 is 9.90 Å². The summed E-state index contributed by atoms with van der Waals surface area (Å²) >= 11 is 0. The highest BCUT2D eigenvalue weighted by Crippen LogP contribution is 2.41. The highest BCUT2D eigenvalue weighted by atomic mass is 16.3. The standard InChI is InChI=1S/C12H19NO2/c1-7-6-9(13)11(14)10-8(7)4-3-5-12(10,2)15/h7,9,15H,3-6,13H2,1-2H3. The van der Waals surface area contributed by atoms with Crippen molar-refractivity contribution >= 4 is 5.78 Å². The van der Waals surface area contributed by atoms with Crippen LogP contribution < -0.4 is 5.73 Å². The van der Waals surface area contributed by atoms with Crippen molar-refractivity contribution in [3.8, 4) is 0 Å². The number of hydrogen-bond acceptors (Lipinski definition) is 3. The zero-order chi connectivity index (χ0) is 11.2. The SMILES string of the molecule is CC1CC(N)C(=O)C2=C1CCCC2(C)O. The second-order valence-corrected chi connectivity index (χ2v) is 5.14. The fourth-order valence-corrected chi connectivity index (χ4v) is 2.95. The fraction of sp³-hybridized carbons (Fsp3) is 0.750. The smallest absolute Gasteiger partial charge is 0.178 e. The minimum atomic E-state index is -0.947. The predicted octanol–water partition coefficient (Wildman–Crippen LogP) is 1.15. The Bertz CT molecular complexity index is 331. The molecule has 3 unspecified atom stereocenters. The zero-order valence-corrected chi connectivity index (χ0v) is 9.42. The minimum Gasteiger partial charge on any atom is -0.385 e. The molecule has 0 aromatic carbocycles. The molecule has 0 aromatic heterocycles. The van der Waals surface area contributed by atoms with E-state index in [1.54, 1.807) is 6.92 Å². The Balaban J connectivity index is 2.50. The van der Waals surface area contributed by atoms with Crippen molar-refractivity contribution in [3.63, 3.8) is 0 Å². The molecule has 3 N–H and O–H groups in total. The molecule has 84 valence electrons. The largest absolute Gasteiger partial charge is 0.385 e. The summed E-state index contributed by atoms with van der Waals surface area (Å²) in [6.45, 7) is 3.84. The van der Waals surface area contributed by atoms with Crippen LogP contribution in [0.3, 0.4) is 0 Å². The van der Waals surface area contributed by atoms with Crippen molar-refractivity contribution in [3.05, 3.63) is 11.1 Å². The van der Waals surface area contributed by atoms with Crippen molar-refractivity contribution in [2.24, 2.45) is 11.7 Å². The first kappa shape index (κ1) is 10.8. The van der Waals surface area contributed by atoms with Crippen LogP contribution in [-0.2, 0) is 4.79 Å². The van der Waals surface area contributed by atoms with E-state index in [9.17, 15) is 9.90 Å².